The zero-order chi connectivity index (χ0) is 15.7. The number of nitro groups is 2. The van der Waals surface area contributed by atoms with E-state index >= 15 is 0 Å². The third-order valence-corrected chi connectivity index (χ3v) is 3.26. The second kappa shape index (κ2) is 5.31. The molecule has 2 atom stereocenters. The van der Waals surface area contributed by atoms with Gasteiger partial charge in [-0.25, -0.2) is 9.98 Å². The topological polar surface area (TPSA) is 133 Å². The van der Waals surface area contributed by atoms with Gasteiger partial charge in [0.2, 0.25) is 5.90 Å². The fourth-order valence-electron chi connectivity index (χ4n) is 2.22. The van der Waals surface area contributed by atoms with Crippen molar-refractivity contribution in [2.24, 2.45) is 20.9 Å². The summed E-state index contributed by atoms with van der Waals surface area (Å²) < 4.78 is 5.55. The molecule has 1 aromatic rings. The minimum absolute atomic E-state index is 0.108. The standard InChI is InChI=1S/C12H9N5O5/c18-16(19)9-2-1-7(5-10(9)17(20)21)22-12-8-3-4-13-11(8)14-6-15-12/h1-2,4-6,8,11H,3H2. The number of fused-ring (bicyclic) bond motifs is 1. The van der Waals surface area contributed by atoms with Crippen LogP contribution in [0.4, 0.5) is 11.4 Å². The molecule has 0 amide bonds. The molecule has 10 heteroatoms. The molecule has 1 aromatic carbocycles. The molecular weight excluding hydrogens is 294 g/mol. The fourth-order valence-corrected chi connectivity index (χ4v) is 2.22. The van der Waals surface area contributed by atoms with Crippen molar-refractivity contribution in [3.8, 4) is 5.75 Å². The van der Waals surface area contributed by atoms with Gasteiger partial charge in [-0.3, -0.25) is 25.2 Å². The third kappa shape index (κ3) is 2.41. The van der Waals surface area contributed by atoms with E-state index in [1.54, 1.807) is 6.21 Å². The summed E-state index contributed by atoms with van der Waals surface area (Å²) in [5, 5.41) is 21.7. The Morgan fingerprint density at radius 3 is 2.64 bits per heavy atom. The lowest BCUT2D eigenvalue weighted by Gasteiger charge is -2.19. The Labute approximate surface area is 123 Å². The molecule has 0 saturated carbocycles. The van der Waals surface area contributed by atoms with Crippen LogP contribution in [-0.2, 0) is 0 Å². The number of rotatable bonds is 3. The molecule has 10 nitrogen and oxygen atoms in total. The van der Waals surface area contributed by atoms with Crippen LogP contribution < -0.4 is 4.74 Å². The molecular formula is C12H9N5O5. The lowest BCUT2D eigenvalue weighted by atomic mass is 10.1. The summed E-state index contributed by atoms with van der Waals surface area (Å²) >= 11 is 0. The summed E-state index contributed by atoms with van der Waals surface area (Å²) in [7, 11) is 0. The van der Waals surface area contributed by atoms with Crippen molar-refractivity contribution in [3.63, 3.8) is 0 Å². The monoisotopic (exact) mass is 303 g/mol. The predicted molar refractivity (Wildman–Crippen MR) is 76.7 cm³/mol. The van der Waals surface area contributed by atoms with Crippen LogP contribution in [0.3, 0.4) is 0 Å². The van der Waals surface area contributed by atoms with E-state index < -0.39 is 21.2 Å². The van der Waals surface area contributed by atoms with Crippen molar-refractivity contribution in [3.05, 3.63) is 38.4 Å². The smallest absolute Gasteiger partial charge is 0.349 e. The van der Waals surface area contributed by atoms with Gasteiger partial charge in [-0.1, -0.05) is 0 Å². The van der Waals surface area contributed by atoms with Gasteiger partial charge in [0.25, 0.3) is 0 Å². The molecule has 22 heavy (non-hydrogen) atoms. The maximum absolute atomic E-state index is 10.9. The van der Waals surface area contributed by atoms with Gasteiger partial charge in [-0.05, 0) is 12.5 Å². The Balaban J connectivity index is 1.88. The summed E-state index contributed by atoms with van der Waals surface area (Å²) in [4.78, 5) is 32.3. The average Bonchev–Trinajstić information content (AvgIpc) is 2.96. The molecule has 0 bridgehead atoms. The van der Waals surface area contributed by atoms with Crippen molar-refractivity contribution < 1.29 is 14.6 Å². The van der Waals surface area contributed by atoms with E-state index in [4.69, 9.17) is 4.74 Å². The van der Waals surface area contributed by atoms with E-state index in [0.717, 1.165) is 12.1 Å². The first-order chi connectivity index (χ1) is 10.6. The van der Waals surface area contributed by atoms with Crippen LogP contribution in [0.1, 0.15) is 6.42 Å². The maximum atomic E-state index is 10.9. The van der Waals surface area contributed by atoms with Crippen molar-refractivity contribution >= 4 is 29.8 Å². The van der Waals surface area contributed by atoms with Crippen molar-refractivity contribution in [2.75, 3.05) is 0 Å². The van der Waals surface area contributed by atoms with E-state index in [1.165, 1.54) is 12.4 Å². The highest BCUT2D eigenvalue weighted by Gasteiger charge is 2.33. The van der Waals surface area contributed by atoms with E-state index in [9.17, 15) is 20.2 Å². The normalized spacial score (nSPS) is 22.1. The highest BCUT2D eigenvalue weighted by Crippen LogP contribution is 2.32. The first-order valence-corrected chi connectivity index (χ1v) is 6.28. The van der Waals surface area contributed by atoms with Crippen LogP contribution in [0.5, 0.6) is 5.75 Å². The Kier molecular flexibility index (Phi) is 3.33. The van der Waals surface area contributed by atoms with Gasteiger partial charge in [-0.15, -0.1) is 0 Å². The molecule has 0 saturated heterocycles. The third-order valence-electron chi connectivity index (χ3n) is 3.26. The van der Waals surface area contributed by atoms with Crippen molar-refractivity contribution in [1.82, 2.24) is 0 Å². The summed E-state index contributed by atoms with van der Waals surface area (Å²) in [5.74, 6) is 0.289. The number of hydrogen-bond donors (Lipinski definition) is 0. The van der Waals surface area contributed by atoms with Gasteiger partial charge in [0.1, 0.15) is 12.1 Å². The van der Waals surface area contributed by atoms with Crippen molar-refractivity contribution in [1.29, 1.82) is 0 Å². The molecule has 112 valence electrons. The summed E-state index contributed by atoms with van der Waals surface area (Å²) in [6, 6.07) is 3.34. The highest BCUT2D eigenvalue weighted by molar-refractivity contribution is 5.93. The van der Waals surface area contributed by atoms with Crippen LogP contribution in [-0.4, -0.2) is 34.5 Å². The Bertz CT molecular complexity index is 741. The van der Waals surface area contributed by atoms with Crippen LogP contribution in [0, 0.1) is 26.1 Å². The summed E-state index contributed by atoms with van der Waals surface area (Å²) in [6.45, 7) is 0. The minimum atomic E-state index is -0.823. The number of ether oxygens (including phenoxy) is 1. The highest BCUT2D eigenvalue weighted by atomic mass is 16.6. The van der Waals surface area contributed by atoms with E-state index in [0.29, 0.717) is 12.3 Å². The largest absolute Gasteiger partial charge is 0.442 e. The molecule has 0 N–H and O–H groups in total. The number of hydrogen-bond acceptors (Lipinski definition) is 8. The van der Waals surface area contributed by atoms with Gasteiger partial charge < -0.3 is 4.74 Å². The van der Waals surface area contributed by atoms with E-state index in [2.05, 4.69) is 15.0 Å². The average molecular weight is 303 g/mol. The molecule has 2 aliphatic heterocycles. The maximum Gasteiger partial charge on any atom is 0.349 e. The lowest BCUT2D eigenvalue weighted by molar-refractivity contribution is -0.422. The molecule has 3 rings (SSSR count). The second-order valence-corrected chi connectivity index (χ2v) is 4.59. The molecule has 2 unspecified atom stereocenters. The zero-order valence-electron chi connectivity index (χ0n) is 11.0. The number of benzene rings is 1. The first kappa shape index (κ1) is 13.8. The van der Waals surface area contributed by atoms with Gasteiger partial charge >= 0.3 is 11.4 Å². The predicted octanol–water partition coefficient (Wildman–Crippen LogP) is 1.74. The molecule has 2 aliphatic rings. The van der Waals surface area contributed by atoms with Gasteiger partial charge in [0.05, 0.1) is 21.8 Å². The first-order valence-electron chi connectivity index (χ1n) is 6.28. The molecule has 0 radical (unpaired) electrons. The van der Waals surface area contributed by atoms with Crippen LogP contribution in [0.25, 0.3) is 0 Å². The Hall–Kier alpha value is -3.17. The van der Waals surface area contributed by atoms with Gasteiger partial charge in [-0.2, -0.15) is 0 Å². The minimum Gasteiger partial charge on any atom is -0.442 e. The van der Waals surface area contributed by atoms with E-state index in [1.807, 2.05) is 0 Å². The fraction of sp³-hybridized carbons (Fsp3) is 0.250. The number of nitrogens with zero attached hydrogens (tertiary/aromatic N) is 5. The summed E-state index contributed by atoms with van der Waals surface area (Å²) in [6.07, 6.45) is 3.35. The number of nitro benzene ring substituents is 2. The lowest BCUT2D eigenvalue weighted by Crippen LogP contribution is -2.29. The SMILES string of the molecule is O=[N+]([O-])c1ccc(OC2=NC=NC3N=CCC23)cc1[N+](=O)[O-]. The second-order valence-electron chi connectivity index (χ2n) is 4.59. The molecule has 0 spiro atoms. The van der Waals surface area contributed by atoms with Gasteiger partial charge in [0, 0.05) is 12.3 Å². The molecule has 0 aromatic heterocycles. The Morgan fingerprint density at radius 2 is 1.91 bits per heavy atom. The van der Waals surface area contributed by atoms with E-state index in [-0.39, 0.29) is 17.8 Å². The van der Waals surface area contributed by atoms with Gasteiger partial charge in [0.15, 0.2) is 6.17 Å². The number of aliphatic imine (C=N–C) groups is 3. The molecule has 2 heterocycles. The molecule has 0 fully saturated rings. The summed E-state index contributed by atoms with van der Waals surface area (Å²) in [5.41, 5.74) is -1.22. The molecule has 0 aliphatic carbocycles. The van der Waals surface area contributed by atoms with Crippen LogP contribution in [0.2, 0.25) is 0 Å². The van der Waals surface area contributed by atoms with Crippen molar-refractivity contribution in [2.45, 2.75) is 12.6 Å². The van der Waals surface area contributed by atoms with Crippen LogP contribution >= 0.6 is 0 Å². The zero-order valence-corrected chi connectivity index (χ0v) is 11.0. The van der Waals surface area contributed by atoms with Crippen LogP contribution in [0.15, 0.2) is 33.2 Å². The quantitative estimate of drug-likeness (QED) is 0.619. The Morgan fingerprint density at radius 1 is 1.14 bits per heavy atom.